The molecule has 0 amide bonds. The molecule has 2 aromatic heterocycles. The van der Waals surface area contributed by atoms with Crippen LogP contribution in [0.15, 0.2) is 95.4 Å². The van der Waals surface area contributed by atoms with Gasteiger partial charge in [0.1, 0.15) is 18.2 Å². The first-order valence-electron chi connectivity index (χ1n) is 11.0. The normalized spacial score (nSPS) is 11.3. The Morgan fingerprint density at radius 1 is 0.788 bits per heavy atom. The van der Waals surface area contributed by atoms with Crippen LogP contribution in [0.4, 0.5) is 0 Å². The van der Waals surface area contributed by atoms with Crippen molar-refractivity contribution in [2.24, 2.45) is 7.05 Å². The van der Waals surface area contributed by atoms with Crippen LogP contribution in [0.1, 0.15) is 11.1 Å². The predicted molar refractivity (Wildman–Crippen MR) is 133 cm³/mol. The molecule has 4 aromatic carbocycles. The van der Waals surface area contributed by atoms with Crippen molar-refractivity contribution in [3.63, 3.8) is 0 Å². The van der Waals surface area contributed by atoms with Crippen molar-refractivity contribution in [1.82, 2.24) is 0 Å². The molecule has 0 unspecified atom stereocenters. The van der Waals surface area contributed by atoms with Gasteiger partial charge in [0.05, 0.1) is 17.2 Å². The zero-order valence-electron chi connectivity index (χ0n) is 18.5. The van der Waals surface area contributed by atoms with Gasteiger partial charge in [0, 0.05) is 33.9 Å². The molecule has 156 valence electrons. The summed E-state index contributed by atoms with van der Waals surface area (Å²) in [6.45, 7) is 2.12. The smallest absolute Gasteiger partial charge is 0.216 e. The molecule has 0 atom stereocenters. The minimum Gasteiger partial charge on any atom is -0.454 e. The number of aryl methyl sites for hydroxylation is 2. The molecule has 3 nitrogen and oxygen atoms in total. The number of nitriles is 1. The highest BCUT2D eigenvalue weighted by molar-refractivity contribution is 6.13. The quantitative estimate of drug-likeness (QED) is 0.278. The fourth-order valence-electron chi connectivity index (χ4n) is 4.85. The van der Waals surface area contributed by atoms with Crippen LogP contribution in [0.5, 0.6) is 0 Å². The summed E-state index contributed by atoms with van der Waals surface area (Å²) in [6.07, 6.45) is 0. The maximum absolute atomic E-state index is 9.71. The highest BCUT2D eigenvalue weighted by Crippen LogP contribution is 2.41. The van der Waals surface area contributed by atoms with Gasteiger partial charge in [-0.1, -0.05) is 54.6 Å². The SMILES string of the molecule is Cc1ccc2c(oc3c(-c4ccccc4)cc(C#N)cc32)c1-c1ccc2ccccc2[n+]1C. The molecule has 0 bridgehead atoms. The second-order valence-electron chi connectivity index (χ2n) is 8.45. The third-order valence-corrected chi connectivity index (χ3v) is 6.50. The van der Waals surface area contributed by atoms with Crippen molar-refractivity contribution in [2.75, 3.05) is 0 Å². The number of hydrogen-bond acceptors (Lipinski definition) is 2. The van der Waals surface area contributed by atoms with E-state index in [-0.39, 0.29) is 0 Å². The van der Waals surface area contributed by atoms with Crippen molar-refractivity contribution in [1.29, 1.82) is 5.26 Å². The summed E-state index contributed by atoms with van der Waals surface area (Å²) >= 11 is 0. The molecule has 0 radical (unpaired) electrons. The molecule has 0 fully saturated rings. The van der Waals surface area contributed by atoms with E-state index in [1.54, 1.807) is 0 Å². The van der Waals surface area contributed by atoms with Crippen LogP contribution in [0.25, 0.3) is 55.2 Å². The first-order valence-corrected chi connectivity index (χ1v) is 11.0. The zero-order chi connectivity index (χ0) is 22.5. The molecule has 0 saturated carbocycles. The minimum atomic E-state index is 0.627. The Morgan fingerprint density at radius 3 is 2.39 bits per heavy atom. The molecule has 0 saturated heterocycles. The molecule has 0 aliphatic rings. The van der Waals surface area contributed by atoms with Crippen LogP contribution in [0.3, 0.4) is 0 Å². The molecular weight excluding hydrogens is 404 g/mol. The minimum absolute atomic E-state index is 0.627. The maximum Gasteiger partial charge on any atom is 0.216 e. The van der Waals surface area contributed by atoms with Gasteiger partial charge in [-0.05, 0) is 42.3 Å². The van der Waals surface area contributed by atoms with Gasteiger partial charge in [-0.25, -0.2) is 0 Å². The van der Waals surface area contributed by atoms with Crippen LogP contribution in [-0.4, -0.2) is 0 Å². The fourth-order valence-corrected chi connectivity index (χ4v) is 4.85. The number of nitrogens with zero attached hydrogens (tertiary/aromatic N) is 2. The Kier molecular flexibility index (Phi) is 4.28. The highest BCUT2D eigenvalue weighted by Gasteiger charge is 2.23. The van der Waals surface area contributed by atoms with Crippen molar-refractivity contribution < 1.29 is 8.98 Å². The maximum atomic E-state index is 9.71. The van der Waals surface area contributed by atoms with E-state index in [4.69, 9.17) is 4.42 Å². The number of para-hydroxylation sites is 1. The summed E-state index contributed by atoms with van der Waals surface area (Å²) in [6, 6.07) is 33.3. The van der Waals surface area contributed by atoms with E-state index in [0.29, 0.717) is 5.56 Å². The summed E-state index contributed by atoms with van der Waals surface area (Å²) in [7, 11) is 2.10. The van der Waals surface area contributed by atoms with E-state index >= 15 is 0 Å². The molecule has 0 aliphatic carbocycles. The topological polar surface area (TPSA) is 40.8 Å². The highest BCUT2D eigenvalue weighted by atomic mass is 16.3. The van der Waals surface area contributed by atoms with Gasteiger partial charge in [-0.15, -0.1) is 0 Å². The molecular formula is C30H21N2O+. The van der Waals surface area contributed by atoms with E-state index in [1.165, 1.54) is 10.9 Å². The average molecular weight is 426 g/mol. The lowest BCUT2D eigenvalue weighted by atomic mass is 9.97. The fraction of sp³-hybridized carbons (Fsp3) is 0.0667. The second-order valence-corrected chi connectivity index (χ2v) is 8.45. The molecule has 6 rings (SSSR count). The predicted octanol–water partition coefficient (Wildman–Crippen LogP) is 7.08. The van der Waals surface area contributed by atoms with E-state index in [0.717, 1.165) is 49.9 Å². The lowest BCUT2D eigenvalue weighted by molar-refractivity contribution is -0.633. The van der Waals surface area contributed by atoms with Crippen molar-refractivity contribution in [3.05, 3.63) is 102 Å². The first-order chi connectivity index (χ1) is 16.2. The van der Waals surface area contributed by atoms with E-state index in [2.05, 4.69) is 85.3 Å². The van der Waals surface area contributed by atoms with Gasteiger partial charge in [0.25, 0.3) is 0 Å². The molecule has 3 heteroatoms. The lowest BCUT2D eigenvalue weighted by Crippen LogP contribution is -2.32. The number of aromatic nitrogens is 1. The molecule has 0 spiro atoms. The summed E-state index contributed by atoms with van der Waals surface area (Å²) in [5.41, 5.74) is 8.75. The number of fused-ring (bicyclic) bond motifs is 4. The number of rotatable bonds is 2. The van der Waals surface area contributed by atoms with Crippen molar-refractivity contribution in [3.8, 4) is 28.5 Å². The van der Waals surface area contributed by atoms with Gasteiger partial charge < -0.3 is 4.42 Å². The standard InChI is InChI=1S/C30H21N2O/c1-19-12-14-23-25-17-20(18-31)16-24(21-8-4-3-5-9-21)29(25)33-30(23)28(19)27-15-13-22-10-6-7-11-26(22)32(27)2/h3-17H,1-2H3/q+1. The monoisotopic (exact) mass is 425 g/mol. The molecule has 6 aromatic rings. The third kappa shape index (κ3) is 2.92. The lowest BCUT2D eigenvalue weighted by Gasteiger charge is -2.07. The van der Waals surface area contributed by atoms with Gasteiger partial charge in [0.2, 0.25) is 11.2 Å². The Morgan fingerprint density at radius 2 is 1.58 bits per heavy atom. The first kappa shape index (κ1) is 19.3. The van der Waals surface area contributed by atoms with Gasteiger partial charge in [0.15, 0.2) is 0 Å². The Balaban J connectivity index is 1.73. The Bertz CT molecular complexity index is 1740. The Hall–Kier alpha value is -4.42. The number of benzene rings is 4. The van der Waals surface area contributed by atoms with Crippen molar-refractivity contribution >= 4 is 32.8 Å². The summed E-state index contributed by atoms with van der Waals surface area (Å²) in [4.78, 5) is 0. The summed E-state index contributed by atoms with van der Waals surface area (Å²) in [5, 5.41) is 12.9. The van der Waals surface area contributed by atoms with Crippen LogP contribution in [-0.2, 0) is 7.05 Å². The van der Waals surface area contributed by atoms with Crippen LogP contribution in [0, 0.1) is 18.3 Å². The second kappa shape index (κ2) is 7.32. The largest absolute Gasteiger partial charge is 0.454 e. The van der Waals surface area contributed by atoms with Crippen LogP contribution >= 0.6 is 0 Å². The van der Waals surface area contributed by atoms with Gasteiger partial charge >= 0.3 is 0 Å². The van der Waals surface area contributed by atoms with Crippen LogP contribution < -0.4 is 4.57 Å². The molecule has 2 heterocycles. The van der Waals surface area contributed by atoms with Gasteiger partial charge in [-0.2, -0.15) is 9.83 Å². The Labute approximate surface area is 191 Å². The van der Waals surface area contributed by atoms with E-state index in [1.807, 2.05) is 30.3 Å². The van der Waals surface area contributed by atoms with Crippen molar-refractivity contribution in [2.45, 2.75) is 6.92 Å². The van der Waals surface area contributed by atoms with Crippen LogP contribution in [0.2, 0.25) is 0 Å². The number of pyridine rings is 1. The number of furan rings is 1. The van der Waals surface area contributed by atoms with Gasteiger partial charge in [-0.3, -0.25) is 0 Å². The molecule has 0 N–H and O–H groups in total. The summed E-state index contributed by atoms with van der Waals surface area (Å²) < 4.78 is 8.87. The average Bonchev–Trinajstić information content (AvgIpc) is 3.23. The van der Waals surface area contributed by atoms with E-state index in [9.17, 15) is 5.26 Å². The zero-order valence-corrected chi connectivity index (χ0v) is 18.5. The number of hydrogen-bond donors (Lipinski definition) is 0. The third-order valence-electron chi connectivity index (χ3n) is 6.50. The summed E-state index contributed by atoms with van der Waals surface area (Å²) in [5.74, 6) is 0. The molecule has 33 heavy (non-hydrogen) atoms. The molecule has 0 aliphatic heterocycles. The van der Waals surface area contributed by atoms with E-state index < -0.39 is 0 Å².